The topological polar surface area (TPSA) is 69.8 Å². The number of aromatic nitrogens is 1. The highest BCUT2D eigenvalue weighted by Gasteiger charge is 2.19. The highest BCUT2D eigenvalue weighted by Crippen LogP contribution is 2.19. The molecule has 2 aliphatic rings. The Bertz CT molecular complexity index is 997. The van der Waals surface area contributed by atoms with Gasteiger partial charge in [0.25, 0.3) is 5.56 Å². The third-order valence-corrected chi connectivity index (χ3v) is 6.72. The predicted octanol–water partition coefficient (Wildman–Crippen LogP) is 2.33. The molecule has 0 spiro atoms. The van der Waals surface area contributed by atoms with E-state index in [9.17, 15) is 4.79 Å². The van der Waals surface area contributed by atoms with E-state index in [4.69, 9.17) is 21.7 Å². The molecular weight excluding hydrogens is 424 g/mol. The van der Waals surface area contributed by atoms with Crippen molar-refractivity contribution >= 4 is 28.2 Å². The van der Waals surface area contributed by atoms with Crippen LogP contribution in [0.4, 0.5) is 0 Å². The maximum Gasteiger partial charge on any atom is 0.253 e. The Morgan fingerprint density at radius 3 is 2.81 bits per heavy atom. The predicted molar refractivity (Wildman–Crippen MR) is 131 cm³/mol. The van der Waals surface area contributed by atoms with Crippen LogP contribution < -0.4 is 10.9 Å². The molecule has 2 saturated heterocycles. The van der Waals surface area contributed by atoms with Crippen LogP contribution in [0.2, 0.25) is 0 Å². The zero-order chi connectivity index (χ0) is 22.5. The smallest absolute Gasteiger partial charge is 0.253 e. The molecule has 174 valence electrons. The number of hydrogen-bond donors (Lipinski definition) is 2. The van der Waals surface area contributed by atoms with Gasteiger partial charge in [-0.15, -0.1) is 0 Å². The SMILES string of the molecule is Cc1cc(C)c2[nH]c(=O)c(CN(CCN3CCOCC3)C(=S)NC[C@@H]3CCCO3)cc2c1. The molecule has 32 heavy (non-hydrogen) atoms. The van der Waals surface area contributed by atoms with Crippen LogP contribution >= 0.6 is 12.2 Å². The van der Waals surface area contributed by atoms with Crippen molar-refractivity contribution in [3.8, 4) is 0 Å². The van der Waals surface area contributed by atoms with E-state index in [1.807, 2.05) is 13.0 Å². The van der Waals surface area contributed by atoms with Crippen LogP contribution in [0.1, 0.15) is 29.5 Å². The second kappa shape index (κ2) is 10.7. The summed E-state index contributed by atoms with van der Waals surface area (Å²) in [5.41, 5.74) is 3.85. The van der Waals surface area contributed by atoms with Crippen molar-refractivity contribution < 1.29 is 9.47 Å². The van der Waals surface area contributed by atoms with Crippen molar-refractivity contribution in [3.05, 3.63) is 45.2 Å². The molecule has 2 N–H and O–H groups in total. The van der Waals surface area contributed by atoms with Crippen LogP contribution in [-0.4, -0.2) is 78.5 Å². The highest BCUT2D eigenvalue weighted by molar-refractivity contribution is 7.80. The Labute approximate surface area is 195 Å². The minimum Gasteiger partial charge on any atom is -0.379 e. The number of thiocarbonyl (C=S) groups is 1. The molecule has 2 fully saturated rings. The molecule has 3 heterocycles. The molecule has 1 aromatic heterocycles. The first-order chi connectivity index (χ1) is 15.5. The summed E-state index contributed by atoms with van der Waals surface area (Å²) in [6, 6.07) is 6.23. The zero-order valence-electron chi connectivity index (χ0n) is 19.1. The lowest BCUT2D eigenvalue weighted by Crippen LogP contribution is -2.47. The summed E-state index contributed by atoms with van der Waals surface area (Å²) >= 11 is 5.76. The van der Waals surface area contributed by atoms with Gasteiger partial charge in [-0.2, -0.15) is 0 Å². The molecule has 0 unspecified atom stereocenters. The number of morpholine rings is 1. The van der Waals surface area contributed by atoms with Crippen molar-refractivity contribution in [2.45, 2.75) is 39.3 Å². The van der Waals surface area contributed by atoms with Gasteiger partial charge in [0.15, 0.2) is 5.11 Å². The molecule has 1 aromatic carbocycles. The van der Waals surface area contributed by atoms with Gasteiger partial charge >= 0.3 is 0 Å². The van der Waals surface area contributed by atoms with Crippen LogP contribution in [0.15, 0.2) is 23.0 Å². The quantitative estimate of drug-likeness (QED) is 0.617. The maximum absolute atomic E-state index is 12.9. The van der Waals surface area contributed by atoms with E-state index >= 15 is 0 Å². The van der Waals surface area contributed by atoms with Crippen LogP contribution in [0.5, 0.6) is 0 Å². The number of ether oxygens (including phenoxy) is 2. The normalized spacial score (nSPS) is 19.4. The third-order valence-electron chi connectivity index (χ3n) is 6.31. The highest BCUT2D eigenvalue weighted by atomic mass is 32.1. The molecule has 2 aliphatic heterocycles. The average Bonchev–Trinajstić information content (AvgIpc) is 3.30. The van der Waals surface area contributed by atoms with E-state index in [2.05, 4.69) is 39.2 Å². The molecular formula is C24H34N4O3S. The Hall–Kier alpha value is -2.00. The Morgan fingerprint density at radius 1 is 1.25 bits per heavy atom. The summed E-state index contributed by atoms with van der Waals surface area (Å²) in [6.45, 7) is 11.1. The number of H-pyrrole nitrogens is 1. The van der Waals surface area contributed by atoms with Crippen LogP contribution in [-0.2, 0) is 16.0 Å². The van der Waals surface area contributed by atoms with Crippen LogP contribution in [0.3, 0.4) is 0 Å². The Kier molecular flexibility index (Phi) is 7.78. The summed E-state index contributed by atoms with van der Waals surface area (Å²) in [5, 5.41) is 5.12. The monoisotopic (exact) mass is 458 g/mol. The molecule has 0 saturated carbocycles. The first-order valence-corrected chi connectivity index (χ1v) is 12.0. The number of aryl methyl sites for hydroxylation is 2. The third kappa shape index (κ3) is 5.86. The molecule has 1 atom stereocenters. The van der Waals surface area contributed by atoms with E-state index in [0.717, 1.165) is 80.9 Å². The van der Waals surface area contributed by atoms with Gasteiger partial charge in [0.2, 0.25) is 0 Å². The van der Waals surface area contributed by atoms with Crippen molar-refractivity contribution in [2.24, 2.45) is 0 Å². The number of hydrogen-bond acceptors (Lipinski definition) is 5. The molecule has 0 bridgehead atoms. The molecule has 7 nitrogen and oxygen atoms in total. The van der Waals surface area contributed by atoms with Gasteiger partial charge < -0.3 is 24.7 Å². The largest absolute Gasteiger partial charge is 0.379 e. The van der Waals surface area contributed by atoms with Crippen LogP contribution in [0.25, 0.3) is 10.9 Å². The number of rotatable bonds is 7. The first kappa shape index (κ1) is 23.2. The zero-order valence-corrected chi connectivity index (χ0v) is 19.9. The maximum atomic E-state index is 12.9. The van der Waals surface area contributed by atoms with Crippen molar-refractivity contribution in [1.82, 2.24) is 20.1 Å². The number of nitrogens with zero attached hydrogens (tertiary/aromatic N) is 2. The fourth-order valence-electron chi connectivity index (χ4n) is 4.51. The molecule has 0 amide bonds. The second-order valence-electron chi connectivity index (χ2n) is 8.87. The van der Waals surface area contributed by atoms with Crippen molar-refractivity contribution in [2.75, 3.05) is 52.5 Å². The van der Waals surface area contributed by atoms with Gasteiger partial charge in [0.05, 0.1) is 31.4 Å². The number of aromatic amines is 1. The van der Waals surface area contributed by atoms with E-state index in [1.54, 1.807) is 0 Å². The summed E-state index contributed by atoms with van der Waals surface area (Å²) in [6.07, 6.45) is 2.38. The molecule has 4 rings (SSSR count). The second-order valence-corrected chi connectivity index (χ2v) is 9.25. The van der Waals surface area contributed by atoms with Gasteiger partial charge in [0.1, 0.15) is 0 Å². The van der Waals surface area contributed by atoms with E-state index in [0.29, 0.717) is 18.2 Å². The first-order valence-electron chi connectivity index (χ1n) is 11.6. The van der Waals surface area contributed by atoms with E-state index < -0.39 is 0 Å². The fraction of sp³-hybridized carbons (Fsp3) is 0.583. The van der Waals surface area contributed by atoms with Gasteiger partial charge in [0, 0.05) is 44.9 Å². The van der Waals surface area contributed by atoms with Gasteiger partial charge in [-0.25, -0.2) is 0 Å². The molecule has 0 radical (unpaired) electrons. The molecule has 0 aliphatic carbocycles. The lowest BCUT2D eigenvalue weighted by Gasteiger charge is -2.31. The van der Waals surface area contributed by atoms with Gasteiger partial charge in [-0.05, 0) is 62.0 Å². The summed E-state index contributed by atoms with van der Waals surface area (Å²) < 4.78 is 11.2. The Morgan fingerprint density at radius 2 is 2.06 bits per heavy atom. The molecule has 8 heteroatoms. The number of pyridine rings is 1. The Balaban J connectivity index is 1.50. The summed E-state index contributed by atoms with van der Waals surface area (Å²) in [5.74, 6) is 0. The van der Waals surface area contributed by atoms with Crippen LogP contribution in [0, 0.1) is 13.8 Å². The minimum atomic E-state index is -0.0530. The number of fused-ring (bicyclic) bond motifs is 1. The average molecular weight is 459 g/mol. The number of benzene rings is 1. The number of nitrogens with one attached hydrogen (secondary N) is 2. The van der Waals surface area contributed by atoms with E-state index in [-0.39, 0.29) is 11.7 Å². The summed E-state index contributed by atoms with van der Waals surface area (Å²) in [4.78, 5) is 20.5. The van der Waals surface area contributed by atoms with E-state index in [1.165, 1.54) is 5.56 Å². The minimum absolute atomic E-state index is 0.0530. The van der Waals surface area contributed by atoms with Crippen molar-refractivity contribution in [3.63, 3.8) is 0 Å². The lowest BCUT2D eigenvalue weighted by atomic mass is 10.1. The van der Waals surface area contributed by atoms with Crippen molar-refractivity contribution in [1.29, 1.82) is 0 Å². The van der Waals surface area contributed by atoms with Gasteiger partial charge in [-0.1, -0.05) is 11.6 Å². The standard InChI is InChI=1S/C24H34N4O3S/c1-17-12-18(2)22-19(13-17)14-20(23(29)26-22)16-28(6-5-27-7-10-30-11-8-27)24(32)25-15-21-4-3-9-31-21/h12-14,21H,3-11,15-16H2,1-2H3,(H,25,32)(H,26,29)/t21-/m0/s1. The molecule has 2 aromatic rings. The van der Waals surface area contributed by atoms with Gasteiger partial charge in [-0.3, -0.25) is 9.69 Å². The lowest BCUT2D eigenvalue weighted by molar-refractivity contribution is 0.0356. The summed E-state index contributed by atoms with van der Waals surface area (Å²) in [7, 11) is 0. The fourth-order valence-corrected chi connectivity index (χ4v) is 4.75.